The summed E-state index contributed by atoms with van der Waals surface area (Å²) < 4.78 is 6.72. The van der Waals surface area contributed by atoms with Gasteiger partial charge in [0.2, 0.25) is 0 Å². The Balaban J connectivity index is 1.10. The van der Waals surface area contributed by atoms with Gasteiger partial charge in [-0.2, -0.15) is 0 Å². The third-order valence-electron chi connectivity index (χ3n) is 22.3. The average Bonchev–Trinajstić information content (AvgIpc) is 1.49. The number of aryl methyl sites for hydroxylation is 1. The fourth-order valence-corrected chi connectivity index (χ4v) is 17.2. The van der Waals surface area contributed by atoms with Crippen LogP contribution in [0, 0.1) is 6.92 Å². The number of anilines is 8. The number of nitrogens with zero attached hydrogens (tertiary/aromatic N) is 3. The van der Waals surface area contributed by atoms with Gasteiger partial charge in [-0.15, -0.1) is 0 Å². The number of hydrogen-bond donors (Lipinski definition) is 0. The zero-order chi connectivity index (χ0) is 57.0. The topological polar surface area (TPSA) is 22.9 Å². The third kappa shape index (κ3) is 7.10. The van der Waals surface area contributed by atoms with Crippen molar-refractivity contribution < 1.29 is 4.42 Å². The van der Waals surface area contributed by atoms with Crippen LogP contribution in [0.4, 0.5) is 45.5 Å². The highest BCUT2D eigenvalue weighted by molar-refractivity contribution is 7.00. The molecule has 414 valence electrons. The monoisotopic (exact) mass is 1080 g/mol. The second-order valence-corrected chi connectivity index (χ2v) is 30.2. The quantitative estimate of drug-likeness (QED) is 0.160. The predicted molar refractivity (Wildman–Crippen MR) is 350 cm³/mol. The summed E-state index contributed by atoms with van der Waals surface area (Å²) in [4.78, 5) is 8.29. The third-order valence-corrected chi connectivity index (χ3v) is 22.3. The maximum absolute atomic E-state index is 6.72. The predicted octanol–water partition coefficient (Wildman–Crippen LogP) is 19.4. The number of benzene rings is 8. The summed E-state index contributed by atoms with van der Waals surface area (Å²) in [6.07, 6.45) is 9.52. The molecule has 4 nitrogen and oxygen atoms in total. The molecule has 0 bridgehead atoms. The van der Waals surface area contributed by atoms with Crippen LogP contribution in [0.1, 0.15) is 180 Å². The fourth-order valence-electron chi connectivity index (χ4n) is 17.2. The van der Waals surface area contributed by atoms with Gasteiger partial charge in [0.25, 0.3) is 6.71 Å². The zero-order valence-corrected chi connectivity index (χ0v) is 51.3. The molecule has 6 aliphatic rings. The highest BCUT2D eigenvalue weighted by atomic mass is 16.3. The van der Waals surface area contributed by atoms with Gasteiger partial charge in [-0.1, -0.05) is 175 Å². The van der Waals surface area contributed by atoms with Crippen molar-refractivity contribution in [3.63, 3.8) is 0 Å². The van der Waals surface area contributed by atoms with Gasteiger partial charge in [-0.05, 0) is 207 Å². The maximum Gasteiger partial charge on any atom is 0.252 e. The minimum Gasteiger partial charge on any atom is -0.456 e. The molecule has 5 heteroatoms. The lowest BCUT2D eigenvalue weighted by Gasteiger charge is -2.53. The summed E-state index contributed by atoms with van der Waals surface area (Å²) in [7, 11) is 0. The van der Waals surface area contributed by atoms with Gasteiger partial charge in [-0.3, -0.25) is 0 Å². The molecule has 0 saturated heterocycles. The molecule has 9 aromatic rings. The molecule has 15 rings (SSSR count). The number of para-hydroxylation sites is 1. The summed E-state index contributed by atoms with van der Waals surface area (Å²) >= 11 is 0. The fraction of sp³-hybridized carbons (Fsp3) is 0.377. The van der Waals surface area contributed by atoms with Crippen molar-refractivity contribution >= 4 is 90.5 Å². The number of hydrogen-bond acceptors (Lipinski definition) is 4. The van der Waals surface area contributed by atoms with Crippen LogP contribution in [-0.4, -0.2) is 12.3 Å². The molecule has 3 aliphatic carbocycles. The van der Waals surface area contributed by atoms with Crippen molar-refractivity contribution in [3.05, 3.63) is 185 Å². The van der Waals surface area contributed by atoms with E-state index in [0.29, 0.717) is 0 Å². The van der Waals surface area contributed by atoms with E-state index >= 15 is 0 Å². The Morgan fingerprint density at radius 1 is 0.512 bits per heavy atom. The summed E-state index contributed by atoms with van der Waals surface area (Å²) in [5.74, 6) is 0. The second kappa shape index (κ2) is 17.1. The normalized spacial score (nSPS) is 22.0. The summed E-state index contributed by atoms with van der Waals surface area (Å²) in [6, 6.07) is 56.9. The smallest absolute Gasteiger partial charge is 0.252 e. The van der Waals surface area contributed by atoms with Crippen LogP contribution >= 0.6 is 0 Å². The molecule has 1 fully saturated rings. The van der Waals surface area contributed by atoms with Gasteiger partial charge in [0, 0.05) is 50.5 Å². The largest absolute Gasteiger partial charge is 0.456 e. The van der Waals surface area contributed by atoms with Crippen LogP contribution in [-0.2, 0) is 32.5 Å². The number of fused-ring (bicyclic) bond motifs is 13. The molecule has 4 heterocycles. The van der Waals surface area contributed by atoms with Crippen LogP contribution in [0.15, 0.2) is 150 Å². The molecule has 0 amide bonds. The van der Waals surface area contributed by atoms with E-state index in [0.717, 1.165) is 58.3 Å². The molecule has 1 saturated carbocycles. The van der Waals surface area contributed by atoms with Crippen LogP contribution in [0.3, 0.4) is 0 Å². The second-order valence-electron chi connectivity index (χ2n) is 30.2. The Morgan fingerprint density at radius 2 is 1.15 bits per heavy atom. The molecular weight excluding hydrogens is 994 g/mol. The first-order valence-corrected chi connectivity index (χ1v) is 31.1. The molecule has 2 atom stereocenters. The van der Waals surface area contributed by atoms with E-state index in [1.165, 1.54) is 105 Å². The van der Waals surface area contributed by atoms with E-state index in [9.17, 15) is 0 Å². The van der Waals surface area contributed by atoms with Gasteiger partial charge in [0.05, 0.1) is 22.3 Å². The molecule has 1 aromatic heterocycles. The van der Waals surface area contributed by atoms with Crippen molar-refractivity contribution in [2.45, 2.75) is 186 Å². The summed E-state index contributed by atoms with van der Waals surface area (Å²) in [5, 5.41) is 2.24. The minimum absolute atomic E-state index is 0.000299. The molecule has 8 aromatic carbocycles. The zero-order valence-electron chi connectivity index (χ0n) is 51.3. The van der Waals surface area contributed by atoms with Crippen LogP contribution in [0.2, 0.25) is 0 Å². The first kappa shape index (κ1) is 51.9. The van der Waals surface area contributed by atoms with E-state index in [2.05, 4.69) is 257 Å². The van der Waals surface area contributed by atoms with E-state index in [1.54, 1.807) is 22.2 Å². The lowest BCUT2D eigenvalue weighted by molar-refractivity contribution is 0.195. The van der Waals surface area contributed by atoms with Crippen LogP contribution in [0.25, 0.3) is 33.1 Å². The molecule has 0 spiro atoms. The van der Waals surface area contributed by atoms with Gasteiger partial charge in [0.15, 0.2) is 0 Å². The average molecular weight is 1080 g/mol. The molecule has 3 aliphatic heterocycles. The van der Waals surface area contributed by atoms with Gasteiger partial charge >= 0.3 is 0 Å². The van der Waals surface area contributed by atoms with Crippen molar-refractivity contribution in [1.29, 1.82) is 0 Å². The van der Waals surface area contributed by atoms with E-state index < -0.39 is 0 Å². The van der Waals surface area contributed by atoms with E-state index in [4.69, 9.17) is 4.42 Å². The Morgan fingerprint density at radius 3 is 1.88 bits per heavy atom. The number of furan rings is 1. The highest BCUT2D eigenvalue weighted by Gasteiger charge is 2.63. The molecular formula is C77H82BN3O. The minimum atomic E-state index is -0.0972. The molecule has 0 N–H and O–H groups in total. The van der Waals surface area contributed by atoms with Crippen molar-refractivity contribution in [2.75, 3.05) is 14.7 Å². The molecule has 0 radical (unpaired) electrons. The Bertz CT molecular complexity index is 4170. The Kier molecular flexibility index (Phi) is 10.8. The van der Waals surface area contributed by atoms with E-state index in [1.807, 2.05) is 0 Å². The van der Waals surface area contributed by atoms with Gasteiger partial charge < -0.3 is 19.1 Å². The standard InChI is InChI=1S/C77H82BN3O/c1-47-41-62-68-63(42-47)81-70-57(76(13)35-20-21-36-77(76,81)14)45-56-67(75(11,12)40-39-74(56,9)10)69(70)78(68)58-34-33-51(43-61(58)80(62)60-46-55-54(72(5,6)37-38-73(55,7)8)44-53(60)48-23-16-15-17-24-48)79(50-31-29-49(30-32-50)71(2,3)4)59-26-22-28-65-66(59)52-25-18-19-27-64(52)82-65/h15-19,22-34,41-46H,20-21,35-40H2,1-14H3. The lowest BCUT2D eigenvalue weighted by Crippen LogP contribution is -2.66. The summed E-state index contributed by atoms with van der Waals surface area (Å²) in [5.41, 5.74) is 29.1. The van der Waals surface area contributed by atoms with E-state index in [-0.39, 0.29) is 44.7 Å². The molecule has 2 unspecified atom stereocenters. The van der Waals surface area contributed by atoms with Crippen molar-refractivity contribution in [2.24, 2.45) is 0 Å². The Labute approximate surface area is 489 Å². The first-order chi connectivity index (χ1) is 38.9. The van der Waals surface area contributed by atoms with Crippen molar-refractivity contribution in [1.82, 2.24) is 0 Å². The Hall–Kier alpha value is -6.98. The first-order valence-electron chi connectivity index (χ1n) is 31.1. The summed E-state index contributed by atoms with van der Waals surface area (Å²) in [6.45, 7) is 34.9. The van der Waals surface area contributed by atoms with Gasteiger partial charge in [0.1, 0.15) is 11.2 Å². The van der Waals surface area contributed by atoms with Crippen LogP contribution < -0.4 is 31.1 Å². The molecule has 82 heavy (non-hydrogen) atoms. The SMILES string of the molecule is Cc1cc2c3c(c1)N1c4c(cc5c(c4B3c3ccc(N(c4ccc(C(C)(C)C)cc4)c4cccc6oc7ccccc7c46)cc3N2c2cc3c(cc2-c2ccccc2)C(C)(C)CCC3(C)C)C(C)(C)CCC5(C)C)C2(C)CCCCC12C. The van der Waals surface area contributed by atoms with Crippen molar-refractivity contribution in [3.8, 4) is 11.1 Å². The number of rotatable bonds is 5. The highest BCUT2D eigenvalue weighted by Crippen LogP contribution is 2.64. The lowest BCUT2D eigenvalue weighted by atomic mass is 9.31. The van der Waals surface area contributed by atoms with Gasteiger partial charge in [-0.25, -0.2) is 0 Å². The van der Waals surface area contributed by atoms with Crippen LogP contribution in [0.5, 0.6) is 0 Å². The maximum atomic E-state index is 6.72.